The van der Waals surface area contributed by atoms with Gasteiger partial charge in [0.15, 0.2) is 0 Å². The molecule has 1 heterocycles. The molecule has 3 atom stereocenters. The second-order valence-electron chi connectivity index (χ2n) is 10.0. The molecule has 2 aliphatic rings. The number of carboxylic acids is 1. The number of hydrogen-bond acceptors (Lipinski definition) is 3. The number of piperidine rings is 1. The SMILES string of the molecule is O=C(O)c1ccc(C(C2CCCCC2)C2CCNCC2OCc2ccc3ccccc3c2)cc1. The molecule has 0 amide bonds. The largest absolute Gasteiger partial charge is 0.478 e. The number of rotatable bonds is 7. The van der Waals surface area contributed by atoms with Gasteiger partial charge in [-0.15, -0.1) is 0 Å². The van der Waals surface area contributed by atoms with Gasteiger partial charge in [0, 0.05) is 6.54 Å². The van der Waals surface area contributed by atoms with Crippen molar-refractivity contribution < 1.29 is 14.6 Å². The van der Waals surface area contributed by atoms with Gasteiger partial charge < -0.3 is 15.2 Å². The maximum absolute atomic E-state index is 11.4. The maximum atomic E-state index is 11.4. The van der Waals surface area contributed by atoms with Crippen molar-refractivity contribution in [2.24, 2.45) is 11.8 Å². The van der Waals surface area contributed by atoms with Crippen LogP contribution < -0.4 is 5.32 Å². The summed E-state index contributed by atoms with van der Waals surface area (Å²) in [5.74, 6) is 0.617. The summed E-state index contributed by atoms with van der Waals surface area (Å²) in [5, 5.41) is 15.4. The first-order valence-corrected chi connectivity index (χ1v) is 12.8. The predicted octanol–water partition coefficient (Wildman–Crippen LogP) is 6.40. The molecule has 4 heteroatoms. The zero-order valence-corrected chi connectivity index (χ0v) is 19.8. The van der Waals surface area contributed by atoms with E-state index in [1.54, 1.807) is 12.1 Å². The molecule has 1 saturated heterocycles. The van der Waals surface area contributed by atoms with Crippen LogP contribution in [0.3, 0.4) is 0 Å². The van der Waals surface area contributed by atoms with Gasteiger partial charge in [-0.2, -0.15) is 0 Å². The maximum Gasteiger partial charge on any atom is 0.335 e. The molecule has 1 aliphatic heterocycles. The van der Waals surface area contributed by atoms with E-state index in [4.69, 9.17) is 4.74 Å². The lowest BCUT2D eigenvalue weighted by Crippen LogP contribution is -2.46. The standard InChI is InChI=1S/C30H35NO3/c32-30(33)25-14-12-24(13-15-25)29(23-7-2-1-3-8-23)27-16-17-31-19-28(27)34-20-21-10-11-22-6-4-5-9-26(22)18-21/h4-6,9-15,18,23,27-29,31H,1-3,7-8,16-17,19-20H2,(H,32,33). The highest BCUT2D eigenvalue weighted by molar-refractivity contribution is 5.87. The Hall–Kier alpha value is -2.69. The molecule has 0 radical (unpaired) electrons. The first kappa shape index (κ1) is 23.1. The van der Waals surface area contributed by atoms with Crippen molar-refractivity contribution in [3.8, 4) is 0 Å². The molecule has 2 fully saturated rings. The summed E-state index contributed by atoms with van der Waals surface area (Å²) in [5.41, 5.74) is 2.85. The number of fused-ring (bicyclic) bond motifs is 1. The minimum Gasteiger partial charge on any atom is -0.478 e. The second-order valence-corrected chi connectivity index (χ2v) is 10.0. The zero-order chi connectivity index (χ0) is 23.3. The summed E-state index contributed by atoms with van der Waals surface area (Å²) < 4.78 is 6.63. The summed E-state index contributed by atoms with van der Waals surface area (Å²) in [4.78, 5) is 11.4. The highest BCUT2D eigenvalue weighted by Crippen LogP contribution is 2.44. The minimum absolute atomic E-state index is 0.145. The molecule has 1 saturated carbocycles. The van der Waals surface area contributed by atoms with Crippen LogP contribution >= 0.6 is 0 Å². The summed E-state index contributed by atoms with van der Waals surface area (Å²) >= 11 is 0. The van der Waals surface area contributed by atoms with E-state index in [-0.39, 0.29) is 6.10 Å². The molecular weight excluding hydrogens is 422 g/mol. The molecule has 4 nitrogen and oxygen atoms in total. The monoisotopic (exact) mass is 457 g/mol. The highest BCUT2D eigenvalue weighted by Gasteiger charge is 2.38. The average Bonchev–Trinajstić information content (AvgIpc) is 2.89. The van der Waals surface area contributed by atoms with Gasteiger partial charge in [-0.1, -0.05) is 67.8 Å². The van der Waals surface area contributed by atoms with Crippen molar-refractivity contribution in [3.63, 3.8) is 0 Å². The van der Waals surface area contributed by atoms with E-state index in [2.05, 4.69) is 59.9 Å². The molecular formula is C30H35NO3. The number of aromatic carboxylic acids is 1. The number of benzene rings is 3. The fourth-order valence-electron chi connectivity index (χ4n) is 6.19. The molecule has 3 aromatic rings. The topological polar surface area (TPSA) is 58.6 Å². The highest BCUT2D eigenvalue weighted by atomic mass is 16.5. The van der Waals surface area contributed by atoms with Crippen molar-refractivity contribution >= 4 is 16.7 Å². The Morgan fingerprint density at radius 2 is 1.71 bits per heavy atom. The van der Waals surface area contributed by atoms with E-state index < -0.39 is 5.97 Å². The number of hydrogen-bond donors (Lipinski definition) is 2. The van der Waals surface area contributed by atoms with Gasteiger partial charge >= 0.3 is 5.97 Å². The minimum atomic E-state index is -0.862. The third kappa shape index (κ3) is 5.18. The van der Waals surface area contributed by atoms with Gasteiger partial charge in [0.2, 0.25) is 0 Å². The van der Waals surface area contributed by atoms with Crippen molar-refractivity contribution in [1.29, 1.82) is 0 Å². The molecule has 34 heavy (non-hydrogen) atoms. The Kier molecular flexibility index (Phi) is 7.27. The molecule has 0 spiro atoms. The Morgan fingerprint density at radius 3 is 2.47 bits per heavy atom. The fourth-order valence-corrected chi connectivity index (χ4v) is 6.19. The van der Waals surface area contributed by atoms with Crippen molar-refractivity contribution in [1.82, 2.24) is 5.32 Å². The number of ether oxygens (including phenoxy) is 1. The Bertz CT molecular complexity index is 1100. The first-order valence-electron chi connectivity index (χ1n) is 12.8. The van der Waals surface area contributed by atoms with Gasteiger partial charge in [-0.05, 0) is 83.7 Å². The van der Waals surface area contributed by atoms with E-state index in [0.29, 0.717) is 29.9 Å². The van der Waals surface area contributed by atoms with Crippen LogP contribution in [0.15, 0.2) is 66.7 Å². The van der Waals surface area contributed by atoms with Crippen molar-refractivity contribution in [2.45, 2.75) is 57.2 Å². The lowest BCUT2D eigenvalue weighted by molar-refractivity contribution is -0.0296. The molecule has 3 unspecified atom stereocenters. The first-order chi connectivity index (χ1) is 16.7. The van der Waals surface area contributed by atoms with Crippen LogP contribution in [0.5, 0.6) is 0 Å². The Labute approximate surface area is 202 Å². The van der Waals surface area contributed by atoms with Crippen LogP contribution in [0.2, 0.25) is 0 Å². The number of nitrogens with one attached hydrogen (secondary N) is 1. The normalized spacial score (nSPS) is 22.5. The Balaban J connectivity index is 1.38. The van der Waals surface area contributed by atoms with Crippen LogP contribution in [-0.4, -0.2) is 30.3 Å². The van der Waals surface area contributed by atoms with Crippen LogP contribution in [0, 0.1) is 11.8 Å². The van der Waals surface area contributed by atoms with Gasteiger partial charge in [0.1, 0.15) is 0 Å². The van der Waals surface area contributed by atoms with E-state index in [1.165, 1.54) is 54.0 Å². The van der Waals surface area contributed by atoms with Gasteiger partial charge in [0.05, 0.1) is 18.3 Å². The van der Waals surface area contributed by atoms with E-state index in [0.717, 1.165) is 19.5 Å². The van der Waals surface area contributed by atoms with Crippen molar-refractivity contribution in [2.75, 3.05) is 13.1 Å². The van der Waals surface area contributed by atoms with E-state index in [9.17, 15) is 9.90 Å². The average molecular weight is 458 g/mol. The predicted molar refractivity (Wildman–Crippen MR) is 136 cm³/mol. The lowest BCUT2D eigenvalue weighted by atomic mass is 9.67. The molecule has 1 aliphatic carbocycles. The second kappa shape index (κ2) is 10.7. The van der Waals surface area contributed by atoms with Gasteiger partial charge in [-0.25, -0.2) is 4.79 Å². The molecule has 3 aromatic carbocycles. The quantitative estimate of drug-likeness (QED) is 0.431. The van der Waals surface area contributed by atoms with E-state index in [1.807, 2.05) is 0 Å². The van der Waals surface area contributed by atoms with Gasteiger partial charge in [-0.3, -0.25) is 0 Å². The summed E-state index contributed by atoms with van der Waals surface area (Å²) in [6.07, 6.45) is 7.66. The molecule has 0 aromatic heterocycles. The van der Waals surface area contributed by atoms with Crippen LogP contribution in [0.4, 0.5) is 0 Å². The molecule has 2 N–H and O–H groups in total. The number of carbonyl (C=O) groups is 1. The third-order valence-electron chi connectivity index (χ3n) is 7.92. The summed E-state index contributed by atoms with van der Waals surface area (Å²) in [7, 11) is 0. The molecule has 5 rings (SSSR count). The zero-order valence-electron chi connectivity index (χ0n) is 19.8. The van der Waals surface area contributed by atoms with Crippen LogP contribution in [0.1, 0.15) is 65.9 Å². The van der Waals surface area contributed by atoms with Gasteiger partial charge in [0.25, 0.3) is 0 Å². The molecule has 178 valence electrons. The van der Waals surface area contributed by atoms with E-state index >= 15 is 0 Å². The smallest absolute Gasteiger partial charge is 0.335 e. The fraction of sp³-hybridized carbons (Fsp3) is 0.433. The van der Waals surface area contributed by atoms with Crippen LogP contribution in [0.25, 0.3) is 10.8 Å². The Morgan fingerprint density at radius 1 is 0.941 bits per heavy atom. The van der Waals surface area contributed by atoms with Crippen LogP contribution in [-0.2, 0) is 11.3 Å². The number of carboxylic acid groups (broad SMARTS) is 1. The van der Waals surface area contributed by atoms with Crippen molar-refractivity contribution in [3.05, 3.63) is 83.4 Å². The summed E-state index contributed by atoms with van der Waals surface area (Å²) in [6, 6.07) is 22.7. The lowest BCUT2D eigenvalue weighted by Gasteiger charge is -2.42. The molecule has 0 bridgehead atoms. The summed E-state index contributed by atoms with van der Waals surface area (Å²) in [6.45, 7) is 2.49. The third-order valence-corrected chi connectivity index (χ3v) is 7.92.